The average Bonchev–Trinajstić information content (AvgIpc) is 2.86. The number of hydrogen-bond acceptors (Lipinski definition) is 3. The Morgan fingerprint density at radius 3 is 2.74 bits per heavy atom. The molecule has 0 spiro atoms. The Morgan fingerprint density at radius 1 is 1.53 bits per heavy atom. The molecule has 0 N–H and O–H groups in total. The number of amides is 2. The van der Waals surface area contributed by atoms with E-state index in [4.69, 9.17) is 0 Å². The summed E-state index contributed by atoms with van der Waals surface area (Å²) in [6.45, 7) is 10.4. The standard InChI is InChI=1S/C14H20N2O2S/c1-4-8-15(9-5-2)13(18)11-10-19-14(3)7-6-12(17)16(11)14/h4-5,11H,1-2,6-10H2,3H3/t11-,14-/m0/s1. The van der Waals surface area contributed by atoms with Crippen molar-refractivity contribution in [2.75, 3.05) is 18.8 Å². The van der Waals surface area contributed by atoms with Crippen molar-refractivity contribution in [1.82, 2.24) is 9.80 Å². The number of carbonyl (C=O) groups is 2. The van der Waals surface area contributed by atoms with Gasteiger partial charge in [-0.15, -0.1) is 24.9 Å². The van der Waals surface area contributed by atoms with Crippen LogP contribution in [0.5, 0.6) is 0 Å². The number of rotatable bonds is 5. The van der Waals surface area contributed by atoms with Crippen LogP contribution >= 0.6 is 11.8 Å². The molecule has 2 atom stereocenters. The van der Waals surface area contributed by atoms with E-state index in [9.17, 15) is 9.59 Å². The highest BCUT2D eigenvalue weighted by Crippen LogP contribution is 2.47. The van der Waals surface area contributed by atoms with Crippen molar-refractivity contribution in [2.24, 2.45) is 0 Å². The fraction of sp³-hybridized carbons (Fsp3) is 0.571. The molecule has 0 aromatic heterocycles. The van der Waals surface area contributed by atoms with Crippen molar-refractivity contribution in [3.63, 3.8) is 0 Å². The molecule has 2 heterocycles. The lowest BCUT2D eigenvalue weighted by molar-refractivity contribution is -0.143. The summed E-state index contributed by atoms with van der Waals surface area (Å²) < 4.78 is 0. The van der Waals surface area contributed by atoms with Gasteiger partial charge in [-0.2, -0.15) is 0 Å². The van der Waals surface area contributed by atoms with Gasteiger partial charge in [0.15, 0.2) is 0 Å². The maximum Gasteiger partial charge on any atom is 0.246 e. The van der Waals surface area contributed by atoms with Crippen LogP contribution in [0, 0.1) is 0 Å². The number of fused-ring (bicyclic) bond motifs is 1. The van der Waals surface area contributed by atoms with E-state index >= 15 is 0 Å². The highest BCUT2D eigenvalue weighted by Gasteiger charge is 2.53. The van der Waals surface area contributed by atoms with Crippen molar-refractivity contribution in [3.05, 3.63) is 25.3 Å². The summed E-state index contributed by atoms with van der Waals surface area (Å²) in [6.07, 6.45) is 4.79. The van der Waals surface area contributed by atoms with Gasteiger partial charge in [0.1, 0.15) is 6.04 Å². The molecule has 2 amide bonds. The summed E-state index contributed by atoms with van der Waals surface area (Å²) in [6, 6.07) is -0.329. The first-order chi connectivity index (χ1) is 9.03. The molecule has 2 aliphatic heterocycles. The first-order valence-electron chi connectivity index (χ1n) is 6.50. The second-order valence-electron chi connectivity index (χ2n) is 5.09. The van der Waals surface area contributed by atoms with Gasteiger partial charge in [0.25, 0.3) is 0 Å². The predicted octanol–water partition coefficient (Wildman–Crippen LogP) is 1.64. The second kappa shape index (κ2) is 5.41. The van der Waals surface area contributed by atoms with Crippen molar-refractivity contribution in [1.29, 1.82) is 0 Å². The topological polar surface area (TPSA) is 40.6 Å². The molecule has 5 heteroatoms. The van der Waals surface area contributed by atoms with Crippen LogP contribution in [-0.4, -0.2) is 51.4 Å². The zero-order valence-corrected chi connectivity index (χ0v) is 12.1. The zero-order valence-electron chi connectivity index (χ0n) is 11.3. The summed E-state index contributed by atoms with van der Waals surface area (Å²) in [5, 5.41) is 0. The molecule has 2 fully saturated rings. The Labute approximate surface area is 118 Å². The van der Waals surface area contributed by atoms with E-state index in [1.54, 1.807) is 33.7 Å². The van der Waals surface area contributed by atoms with Crippen LogP contribution in [0.15, 0.2) is 25.3 Å². The van der Waals surface area contributed by atoms with E-state index in [-0.39, 0.29) is 22.7 Å². The van der Waals surface area contributed by atoms with E-state index in [0.29, 0.717) is 25.3 Å². The molecule has 2 saturated heterocycles. The van der Waals surface area contributed by atoms with E-state index in [1.807, 2.05) is 0 Å². The van der Waals surface area contributed by atoms with Gasteiger partial charge in [-0.3, -0.25) is 9.59 Å². The van der Waals surface area contributed by atoms with Gasteiger partial charge in [0.05, 0.1) is 4.87 Å². The Kier molecular flexibility index (Phi) is 4.04. The van der Waals surface area contributed by atoms with Gasteiger partial charge >= 0.3 is 0 Å². The molecule has 0 radical (unpaired) electrons. The van der Waals surface area contributed by atoms with E-state index < -0.39 is 0 Å². The largest absolute Gasteiger partial charge is 0.333 e. The number of nitrogens with zero attached hydrogens (tertiary/aromatic N) is 2. The molecule has 0 aliphatic carbocycles. The van der Waals surface area contributed by atoms with Crippen LogP contribution in [0.3, 0.4) is 0 Å². The predicted molar refractivity (Wildman–Crippen MR) is 77.7 cm³/mol. The SMILES string of the molecule is C=CCN(CC=C)C(=O)[C@@H]1CS[C@@]2(C)CCC(=O)N12. The van der Waals surface area contributed by atoms with Crippen molar-refractivity contribution >= 4 is 23.6 Å². The van der Waals surface area contributed by atoms with Crippen molar-refractivity contribution in [2.45, 2.75) is 30.7 Å². The van der Waals surface area contributed by atoms with Gasteiger partial charge in [-0.1, -0.05) is 12.2 Å². The molecule has 19 heavy (non-hydrogen) atoms. The first-order valence-corrected chi connectivity index (χ1v) is 7.49. The maximum atomic E-state index is 12.6. The van der Waals surface area contributed by atoms with Gasteiger partial charge < -0.3 is 9.80 Å². The van der Waals surface area contributed by atoms with Crippen LogP contribution in [-0.2, 0) is 9.59 Å². The molecule has 2 aliphatic rings. The summed E-state index contributed by atoms with van der Waals surface area (Å²) >= 11 is 1.71. The minimum Gasteiger partial charge on any atom is -0.333 e. The van der Waals surface area contributed by atoms with Crippen molar-refractivity contribution < 1.29 is 9.59 Å². The number of hydrogen-bond donors (Lipinski definition) is 0. The van der Waals surface area contributed by atoms with E-state index in [0.717, 1.165) is 6.42 Å². The van der Waals surface area contributed by atoms with Gasteiger partial charge in [0.2, 0.25) is 11.8 Å². The van der Waals surface area contributed by atoms with Gasteiger partial charge in [0, 0.05) is 25.3 Å². The Hall–Kier alpha value is -1.23. The third-order valence-corrected chi connectivity index (χ3v) is 5.25. The Balaban J connectivity index is 2.17. The fourth-order valence-corrected chi connectivity index (χ4v) is 4.20. The third kappa shape index (κ3) is 2.43. The highest BCUT2D eigenvalue weighted by atomic mass is 32.2. The van der Waals surface area contributed by atoms with Gasteiger partial charge in [-0.05, 0) is 13.3 Å². The minimum absolute atomic E-state index is 0.00581. The molecule has 2 rings (SSSR count). The monoisotopic (exact) mass is 280 g/mol. The smallest absolute Gasteiger partial charge is 0.246 e. The quantitative estimate of drug-likeness (QED) is 0.719. The van der Waals surface area contributed by atoms with Crippen molar-refractivity contribution in [3.8, 4) is 0 Å². The number of carbonyl (C=O) groups excluding carboxylic acids is 2. The minimum atomic E-state index is -0.329. The normalized spacial score (nSPS) is 29.2. The number of thioether (sulfide) groups is 1. The molecular weight excluding hydrogens is 260 g/mol. The van der Waals surface area contributed by atoms with Crippen LogP contribution < -0.4 is 0 Å². The molecule has 4 nitrogen and oxygen atoms in total. The summed E-state index contributed by atoms with van der Waals surface area (Å²) in [5.74, 6) is 0.792. The summed E-state index contributed by atoms with van der Waals surface area (Å²) in [5.41, 5.74) is 0. The molecule has 0 aromatic carbocycles. The Bertz CT molecular complexity index is 414. The van der Waals surface area contributed by atoms with E-state index in [1.165, 1.54) is 0 Å². The molecular formula is C14H20N2O2S. The summed E-state index contributed by atoms with van der Waals surface area (Å²) in [7, 11) is 0. The lowest BCUT2D eigenvalue weighted by Gasteiger charge is -2.32. The first kappa shape index (κ1) is 14.2. The molecule has 0 unspecified atom stereocenters. The van der Waals surface area contributed by atoms with Crippen LogP contribution in [0.2, 0.25) is 0 Å². The lowest BCUT2D eigenvalue weighted by Crippen LogP contribution is -2.51. The average molecular weight is 280 g/mol. The zero-order chi connectivity index (χ0) is 14.0. The maximum absolute atomic E-state index is 12.6. The summed E-state index contributed by atoms with van der Waals surface area (Å²) in [4.78, 5) is 27.9. The fourth-order valence-electron chi connectivity index (χ4n) is 2.78. The highest BCUT2D eigenvalue weighted by molar-refractivity contribution is 8.01. The molecule has 0 bridgehead atoms. The molecule has 0 aromatic rings. The van der Waals surface area contributed by atoms with Crippen LogP contribution in [0.1, 0.15) is 19.8 Å². The lowest BCUT2D eigenvalue weighted by atomic mass is 10.2. The Morgan fingerprint density at radius 2 is 2.16 bits per heavy atom. The third-order valence-electron chi connectivity index (χ3n) is 3.74. The molecule has 104 valence electrons. The van der Waals surface area contributed by atoms with Gasteiger partial charge in [-0.25, -0.2) is 0 Å². The van der Waals surface area contributed by atoms with Crippen LogP contribution in [0.25, 0.3) is 0 Å². The van der Waals surface area contributed by atoms with E-state index in [2.05, 4.69) is 20.1 Å². The molecule has 0 saturated carbocycles. The van der Waals surface area contributed by atoms with Crippen LogP contribution in [0.4, 0.5) is 0 Å². The second-order valence-corrected chi connectivity index (χ2v) is 6.59.